The fourth-order valence-electron chi connectivity index (χ4n) is 3.16. The van der Waals surface area contributed by atoms with Gasteiger partial charge >= 0.3 is 0 Å². The van der Waals surface area contributed by atoms with Gasteiger partial charge in [-0.3, -0.25) is 4.79 Å². The van der Waals surface area contributed by atoms with E-state index < -0.39 is 0 Å². The number of rotatable bonds is 8. The summed E-state index contributed by atoms with van der Waals surface area (Å²) in [4.78, 5) is 13.1. The lowest BCUT2D eigenvalue weighted by atomic mass is 9.96. The molecule has 0 saturated heterocycles. The second kappa shape index (κ2) is 9.39. The van der Waals surface area contributed by atoms with E-state index in [1.165, 1.54) is 11.8 Å². The molecule has 2 aromatic carbocycles. The minimum atomic E-state index is -0.239. The Bertz CT molecular complexity index is 1030. The van der Waals surface area contributed by atoms with Gasteiger partial charge in [0.1, 0.15) is 6.61 Å². The average Bonchev–Trinajstić information content (AvgIpc) is 2.74. The first kappa shape index (κ1) is 20.6. The molecule has 3 rings (SSSR count). The van der Waals surface area contributed by atoms with Gasteiger partial charge in [0, 0.05) is 14.2 Å². The fourth-order valence-corrected chi connectivity index (χ4v) is 3.16. The molecule has 1 aromatic heterocycles. The third kappa shape index (κ3) is 4.66. The highest BCUT2D eigenvalue weighted by molar-refractivity contribution is 5.74. The van der Waals surface area contributed by atoms with Gasteiger partial charge in [0.05, 0.1) is 5.56 Å². The Morgan fingerprint density at radius 1 is 1.07 bits per heavy atom. The van der Waals surface area contributed by atoms with E-state index in [4.69, 9.17) is 14.2 Å². The van der Waals surface area contributed by atoms with Gasteiger partial charge in [-0.15, -0.1) is 5.10 Å². The minimum absolute atomic E-state index is 0.000867. The van der Waals surface area contributed by atoms with Crippen molar-refractivity contribution in [2.45, 2.75) is 26.9 Å². The molecule has 29 heavy (non-hydrogen) atoms. The van der Waals surface area contributed by atoms with E-state index in [1.807, 2.05) is 49.4 Å². The Kier molecular flexibility index (Phi) is 6.67. The number of methoxy groups -OCH3 is 1. The van der Waals surface area contributed by atoms with Crippen molar-refractivity contribution in [1.29, 1.82) is 0 Å². The number of nitrogens with zero attached hydrogens (tertiary/aromatic N) is 2. The molecule has 3 aromatic rings. The number of ether oxygens (including phenoxy) is 3. The third-order valence-corrected chi connectivity index (χ3v) is 4.62. The molecule has 0 atom stereocenters. The van der Waals surface area contributed by atoms with Crippen molar-refractivity contribution >= 4 is 0 Å². The topological polar surface area (TPSA) is 62.6 Å². The van der Waals surface area contributed by atoms with Crippen molar-refractivity contribution < 1.29 is 14.2 Å². The van der Waals surface area contributed by atoms with E-state index in [-0.39, 0.29) is 18.2 Å². The van der Waals surface area contributed by atoms with E-state index in [0.29, 0.717) is 17.9 Å². The second-order valence-corrected chi connectivity index (χ2v) is 6.78. The van der Waals surface area contributed by atoms with Crippen LogP contribution in [0.1, 0.15) is 23.6 Å². The van der Waals surface area contributed by atoms with Crippen molar-refractivity contribution in [2.24, 2.45) is 7.05 Å². The zero-order valence-corrected chi connectivity index (χ0v) is 17.3. The van der Waals surface area contributed by atoms with Crippen LogP contribution in [-0.2, 0) is 24.8 Å². The first-order valence-corrected chi connectivity index (χ1v) is 9.54. The molecule has 6 heteroatoms. The molecule has 1 heterocycles. The SMILES string of the molecule is CCc1cc(C)ccc1-c1c(OCc2ccccc2)c(OCOC)nn(C)c1=O. The van der Waals surface area contributed by atoms with Crippen molar-refractivity contribution in [2.75, 3.05) is 13.9 Å². The minimum Gasteiger partial charge on any atom is -0.482 e. The highest BCUT2D eigenvalue weighted by Crippen LogP contribution is 2.36. The van der Waals surface area contributed by atoms with Crippen molar-refractivity contribution in [3.63, 3.8) is 0 Å². The molecule has 0 saturated carbocycles. The Balaban J connectivity index is 2.17. The molecule has 0 aliphatic heterocycles. The molecule has 0 spiro atoms. The van der Waals surface area contributed by atoms with Crippen molar-refractivity contribution in [3.05, 3.63) is 75.6 Å². The lowest BCUT2D eigenvalue weighted by Gasteiger charge is -2.18. The molecular weight excluding hydrogens is 368 g/mol. The van der Waals surface area contributed by atoms with Gasteiger partial charge < -0.3 is 14.2 Å². The quantitative estimate of drug-likeness (QED) is 0.543. The molecule has 0 unspecified atom stereocenters. The van der Waals surface area contributed by atoms with Gasteiger partial charge in [-0.2, -0.15) is 0 Å². The smallest absolute Gasteiger partial charge is 0.278 e. The van der Waals surface area contributed by atoms with Gasteiger partial charge in [0.25, 0.3) is 11.4 Å². The molecule has 6 nitrogen and oxygen atoms in total. The van der Waals surface area contributed by atoms with Crippen LogP contribution >= 0.6 is 0 Å². The zero-order valence-electron chi connectivity index (χ0n) is 17.3. The second-order valence-electron chi connectivity index (χ2n) is 6.78. The summed E-state index contributed by atoms with van der Waals surface area (Å²) in [5, 5.41) is 4.26. The maximum Gasteiger partial charge on any atom is 0.278 e. The molecule has 152 valence electrons. The number of hydrogen-bond acceptors (Lipinski definition) is 5. The summed E-state index contributed by atoms with van der Waals surface area (Å²) in [6, 6.07) is 15.8. The third-order valence-electron chi connectivity index (χ3n) is 4.62. The van der Waals surface area contributed by atoms with Crippen molar-refractivity contribution in [1.82, 2.24) is 9.78 Å². The van der Waals surface area contributed by atoms with E-state index in [0.717, 1.165) is 28.7 Å². The molecule has 0 aliphatic rings. The maximum atomic E-state index is 13.1. The molecular formula is C23H26N2O4. The Hall–Kier alpha value is -3.12. The van der Waals surface area contributed by atoms with Crippen LogP contribution in [0.5, 0.6) is 11.6 Å². The summed E-state index contributed by atoms with van der Waals surface area (Å²) < 4.78 is 18.1. The van der Waals surface area contributed by atoms with Crippen LogP contribution in [-0.4, -0.2) is 23.7 Å². The van der Waals surface area contributed by atoms with Crippen LogP contribution in [0.3, 0.4) is 0 Å². The Morgan fingerprint density at radius 3 is 2.52 bits per heavy atom. The predicted molar refractivity (Wildman–Crippen MR) is 112 cm³/mol. The molecule has 0 aliphatic carbocycles. The van der Waals surface area contributed by atoms with Gasteiger partial charge in [-0.05, 0) is 30.0 Å². The van der Waals surface area contributed by atoms with E-state index >= 15 is 0 Å². The highest BCUT2D eigenvalue weighted by Gasteiger charge is 2.23. The molecule has 0 amide bonds. The largest absolute Gasteiger partial charge is 0.482 e. The fraction of sp³-hybridized carbons (Fsp3) is 0.304. The molecule has 0 radical (unpaired) electrons. The summed E-state index contributed by atoms with van der Waals surface area (Å²) in [6.07, 6.45) is 0.787. The summed E-state index contributed by atoms with van der Waals surface area (Å²) in [7, 11) is 3.13. The molecule has 0 N–H and O–H groups in total. The highest BCUT2D eigenvalue weighted by atomic mass is 16.7. The van der Waals surface area contributed by atoms with Crippen LogP contribution in [0.2, 0.25) is 0 Å². The summed E-state index contributed by atoms with van der Waals surface area (Å²) in [5.41, 5.74) is 4.22. The van der Waals surface area contributed by atoms with E-state index in [9.17, 15) is 4.79 Å². The number of hydrogen-bond donors (Lipinski definition) is 0. The Morgan fingerprint density at radius 2 is 1.83 bits per heavy atom. The van der Waals surface area contributed by atoms with Gasteiger partial charge in [0.15, 0.2) is 12.5 Å². The predicted octanol–water partition coefficient (Wildman–Crippen LogP) is 3.88. The first-order chi connectivity index (χ1) is 14.0. The lowest BCUT2D eigenvalue weighted by Crippen LogP contribution is -2.24. The molecule has 0 bridgehead atoms. The standard InChI is InChI=1S/C23H26N2O4/c1-5-18-13-16(2)11-12-19(18)20-21(28-14-17-9-7-6-8-10-17)22(29-15-27-4)24-25(3)23(20)26/h6-13H,5,14-15H2,1-4H3. The molecule has 0 fully saturated rings. The van der Waals surface area contributed by atoms with Crippen LogP contribution in [0, 0.1) is 6.92 Å². The zero-order chi connectivity index (χ0) is 20.8. The number of aromatic nitrogens is 2. The monoisotopic (exact) mass is 394 g/mol. The lowest BCUT2D eigenvalue weighted by molar-refractivity contribution is 0.0434. The summed E-state index contributed by atoms with van der Waals surface area (Å²) in [6.45, 7) is 4.39. The van der Waals surface area contributed by atoms with E-state index in [2.05, 4.69) is 18.1 Å². The Labute approximate surface area is 170 Å². The number of aryl methyl sites for hydroxylation is 3. The summed E-state index contributed by atoms with van der Waals surface area (Å²) in [5.74, 6) is 0.551. The van der Waals surface area contributed by atoms with Gasteiger partial charge in [-0.1, -0.05) is 61.0 Å². The van der Waals surface area contributed by atoms with Crippen molar-refractivity contribution in [3.8, 4) is 22.8 Å². The van der Waals surface area contributed by atoms with Crippen LogP contribution < -0.4 is 15.0 Å². The normalized spacial score (nSPS) is 10.8. The van der Waals surface area contributed by atoms with E-state index in [1.54, 1.807) is 7.05 Å². The number of benzene rings is 2. The van der Waals surface area contributed by atoms with Gasteiger partial charge in [-0.25, -0.2) is 4.68 Å². The summed E-state index contributed by atoms with van der Waals surface area (Å²) >= 11 is 0. The first-order valence-electron chi connectivity index (χ1n) is 9.54. The van der Waals surface area contributed by atoms with Gasteiger partial charge in [0.2, 0.25) is 0 Å². The van der Waals surface area contributed by atoms with Crippen LogP contribution in [0.15, 0.2) is 53.3 Å². The average molecular weight is 394 g/mol. The maximum absolute atomic E-state index is 13.1. The van der Waals surface area contributed by atoms with Crippen LogP contribution in [0.4, 0.5) is 0 Å². The van der Waals surface area contributed by atoms with Crippen LogP contribution in [0.25, 0.3) is 11.1 Å².